The molecule has 0 saturated heterocycles. The Labute approximate surface area is 108 Å². The van der Waals surface area contributed by atoms with E-state index in [1.54, 1.807) is 0 Å². The highest BCUT2D eigenvalue weighted by atomic mass is 15.2. The maximum atomic E-state index is 9.45. The fraction of sp³-hybridized carbons (Fsp3) is 0.188. The van der Waals surface area contributed by atoms with Crippen LogP contribution in [-0.4, -0.2) is 6.54 Å². The van der Waals surface area contributed by atoms with E-state index in [0.717, 1.165) is 17.8 Å². The topological polar surface area (TPSA) is 27.0 Å². The molecule has 90 valence electrons. The third kappa shape index (κ3) is 2.52. The molecule has 2 aromatic carbocycles. The molecule has 0 amide bonds. The van der Waals surface area contributed by atoms with Crippen LogP contribution in [0.15, 0.2) is 60.7 Å². The Balaban J connectivity index is 2.35. The average Bonchev–Trinajstić information content (AvgIpc) is 2.46. The molecule has 0 bridgehead atoms. The van der Waals surface area contributed by atoms with Gasteiger partial charge in [0.15, 0.2) is 0 Å². The second-order valence-corrected chi connectivity index (χ2v) is 4.06. The van der Waals surface area contributed by atoms with Crippen molar-refractivity contribution in [3.05, 3.63) is 66.2 Å². The number of nitrogens with zero attached hydrogens (tertiary/aromatic N) is 2. The number of anilines is 1. The van der Waals surface area contributed by atoms with E-state index in [-0.39, 0.29) is 6.04 Å². The molecular weight excluding hydrogens is 220 g/mol. The zero-order chi connectivity index (χ0) is 12.8. The molecule has 0 spiro atoms. The summed E-state index contributed by atoms with van der Waals surface area (Å²) in [5.74, 6) is 0. The van der Waals surface area contributed by atoms with E-state index < -0.39 is 0 Å². The smallest absolute Gasteiger partial charge is 0.142 e. The summed E-state index contributed by atoms with van der Waals surface area (Å²) in [7, 11) is 0. The van der Waals surface area contributed by atoms with Gasteiger partial charge in [0.05, 0.1) is 6.07 Å². The van der Waals surface area contributed by atoms with Crippen molar-refractivity contribution in [3.63, 3.8) is 0 Å². The van der Waals surface area contributed by atoms with Crippen LogP contribution in [0.25, 0.3) is 0 Å². The minimum absolute atomic E-state index is 0.237. The molecule has 0 saturated carbocycles. The Bertz CT molecular complexity index is 514. The summed E-state index contributed by atoms with van der Waals surface area (Å²) in [5, 5.41) is 9.45. The van der Waals surface area contributed by atoms with Crippen molar-refractivity contribution < 1.29 is 0 Å². The van der Waals surface area contributed by atoms with Gasteiger partial charge in [-0.05, 0) is 24.6 Å². The molecule has 2 nitrogen and oxygen atoms in total. The van der Waals surface area contributed by atoms with Crippen LogP contribution in [0.3, 0.4) is 0 Å². The molecule has 0 heterocycles. The summed E-state index contributed by atoms with van der Waals surface area (Å²) in [6.45, 7) is 2.87. The van der Waals surface area contributed by atoms with Gasteiger partial charge in [-0.25, -0.2) is 0 Å². The normalized spacial score (nSPS) is 11.6. The minimum atomic E-state index is -0.237. The van der Waals surface area contributed by atoms with Crippen LogP contribution < -0.4 is 4.90 Å². The van der Waals surface area contributed by atoms with Gasteiger partial charge in [0, 0.05) is 12.2 Å². The van der Waals surface area contributed by atoms with Crippen LogP contribution in [0.4, 0.5) is 5.69 Å². The van der Waals surface area contributed by atoms with Crippen molar-refractivity contribution in [1.82, 2.24) is 0 Å². The monoisotopic (exact) mass is 236 g/mol. The highest BCUT2D eigenvalue weighted by molar-refractivity contribution is 5.50. The Morgan fingerprint density at radius 1 is 1.00 bits per heavy atom. The van der Waals surface area contributed by atoms with Crippen molar-refractivity contribution in [2.45, 2.75) is 13.0 Å². The van der Waals surface area contributed by atoms with Crippen molar-refractivity contribution in [2.75, 3.05) is 11.4 Å². The molecule has 1 atom stereocenters. The molecule has 2 rings (SSSR count). The van der Waals surface area contributed by atoms with Gasteiger partial charge in [-0.1, -0.05) is 48.5 Å². The number of hydrogen-bond acceptors (Lipinski definition) is 2. The van der Waals surface area contributed by atoms with Crippen LogP contribution in [0.2, 0.25) is 0 Å². The zero-order valence-corrected chi connectivity index (χ0v) is 10.5. The summed E-state index contributed by atoms with van der Waals surface area (Å²) in [6.07, 6.45) is 0. The van der Waals surface area contributed by atoms with Gasteiger partial charge in [0.2, 0.25) is 0 Å². The summed E-state index contributed by atoms with van der Waals surface area (Å²) in [5.41, 5.74) is 2.11. The van der Waals surface area contributed by atoms with Gasteiger partial charge in [-0.15, -0.1) is 0 Å². The molecule has 0 aliphatic rings. The third-order valence-electron chi connectivity index (χ3n) is 2.98. The summed E-state index contributed by atoms with van der Waals surface area (Å²) in [4.78, 5) is 2.11. The summed E-state index contributed by atoms with van der Waals surface area (Å²) < 4.78 is 0. The van der Waals surface area contributed by atoms with Crippen LogP contribution in [-0.2, 0) is 0 Å². The first-order valence-electron chi connectivity index (χ1n) is 6.13. The Morgan fingerprint density at radius 3 is 2.06 bits per heavy atom. The average molecular weight is 236 g/mol. The lowest BCUT2D eigenvalue weighted by atomic mass is 10.1. The van der Waals surface area contributed by atoms with Crippen molar-refractivity contribution in [3.8, 4) is 6.07 Å². The minimum Gasteiger partial charge on any atom is -0.352 e. The first kappa shape index (κ1) is 12.2. The van der Waals surface area contributed by atoms with E-state index >= 15 is 0 Å². The highest BCUT2D eigenvalue weighted by Crippen LogP contribution is 2.25. The molecule has 0 aromatic heterocycles. The number of rotatable bonds is 4. The van der Waals surface area contributed by atoms with Crippen molar-refractivity contribution in [1.29, 1.82) is 5.26 Å². The summed E-state index contributed by atoms with van der Waals surface area (Å²) in [6, 6.07) is 22.1. The molecule has 2 aromatic rings. The van der Waals surface area contributed by atoms with Crippen molar-refractivity contribution >= 4 is 5.69 Å². The predicted molar refractivity (Wildman–Crippen MR) is 74.3 cm³/mol. The highest BCUT2D eigenvalue weighted by Gasteiger charge is 2.18. The lowest BCUT2D eigenvalue weighted by Crippen LogP contribution is -2.27. The number of nitriles is 1. The van der Waals surface area contributed by atoms with E-state index in [9.17, 15) is 5.26 Å². The lowest BCUT2D eigenvalue weighted by Gasteiger charge is -2.28. The molecule has 0 fully saturated rings. The molecule has 0 N–H and O–H groups in total. The molecule has 2 heteroatoms. The standard InChI is InChI=1S/C16H16N2/c1-2-18(15-11-7-4-8-12-15)16(13-17)14-9-5-3-6-10-14/h3-12,16H,2H2,1H3. The number of para-hydroxylation sites is 1. The first-order valence-corrected chi connectivity index (χ1v) is 6.13. The molecule has 1 unspecified atom stereocenters. The third-order valence-corrected chi connectivity index (χ3v) is 2.98. The first-order chi connectivity index (χ1) is 8.86. The fourth-order valence-electron chi connectivity index (χ4n) is 2.09. The Kier molecular flexibility index (Phi) is 3.98. The van der Waals surface area contributed by atoms with Crippen molar-refractivity contribution in [2.24, 2.45) is 0 Å². The second kappa shape index (κ2) is 5.88. The quantitative estimate of drug-likeness (QED) is 0.807. The van der Waals surface area contributed by atoms with Crippen LogP contribution in [0.1, 0.15) is 18.5 Å². The molecular formula is C16H16N2. The van der Waals surface area contributed by atoms with E-state index in [0.29, 0.717) is 0 Å². The van der Waals surface area contributed by atoms with E-state index in [1.807, 2.05) is 60.7 Å². The zero-order valence-electron chi connectivity index (χ0n) is 10.5. The molecule has 0 radical (unpaired) electrons. The van der Waals surface area contributed by atoms with E-state index in [4.69, 9.17) is 0 Å². The van der Waals surface area contributed by atoms with Gasteiger partial charge in [-0.2, -0.15) is 5.26 Å². The van der Waals surface area contributed by atoms with Gasteiger partial charge in [0.25, 0.3) is 0 Å². The van der Waals surface area contributed by atoms with Crippen LogP contribution in [0, 0.1) is 11.3 Å². The Morgan fingerprint density at radius 2 is 1.56 bits per heavy atom. The van der Waals surface area contributed by atoms with Crippen LogP contribution in [0.5, 0.6) is 0 Å². The van der Waals surface area contributed by atoms with Gasteiger partial charge in [0.1, 0.15) is 6.04 Å². The lowest BCUT2D eigenvalue weighted by molar-refractivity contribution is 0.757. The molecule has 18 heavy (non-hydrogen) atoms. The second-order valence-electron chi connectivity index (χ2n) is 4.06. The largest absolute Gasteiger partial charge is 0.352 e. The Hall–Kier alpha value is -2.27. The summed E-state index contributed by atoms with van der Waals surface area (Å²) >= 11 is 0. The van der Waals surface area contributed by atoms with E-state index in [2.05, 4.69) is 17.9 Å². The number of hydrogen-bond donors (Lipinski definition) is 0. The van der Waals surface area contributed by atoms with Gasteiger partial charge < -0.3 is 4.90 Å². The maximum Gasteiger partial charge on any atom is 0.142 e. The van der Waals surface area contributed by atoms with E-state index in [1.165, 1.54) is 0 Å². The molecule has 0 aliphatic carbocycles. The fourth-order valence-corrected chi connectivity index (χ4v) is 2.09. The number of benzene rings is 2. The predicted octanol–water partition coefficient (Wildman–Crippen LogP) is 3.78. The van der Waals surface area contributed by atoms with Crippen LogP contribution >= 0.6 is 0 Å². The van der Waals surface area contributed by atoms with Gasteiger partial charge in [-0.3, -0.25) is 0 Å². The maximum absolute atomic E-state index is 9.45. The van der Waals surface area contributed by atoms with Gasteiger partial charge >= 0.3 is 0 Å². The molecule has 0 aliphatic heterocycles. The SMILES string of the molecule is CCN(c1ccccc1)C(C#N)c1ccccc1.